The minimum Gasteiger partial charge on any atom is -0.351 e. The largest absolute Gasteiger partial charge is 0.351 e. The maximum atomic E-state index is 12.7. The second-order valence-corrected chi connectivity index (χ2v) is 6.55. The van der Waals surface area contributed by atoms with Crippen molar-refractivity contribution in [3.8, 4) is 0 Å². The molecule has 1 aliphatic heterocycles. The van der Waals surface area contributed by atoms with Crippen molar-refractivity contribution in [3.63, 3.8) is 0 Å². The van der Waals surface area contributed by atoms with Crippen LogP contribution < -0.4 is 11.1 Å². The Morgan fingerprint density at radius 2 is 2.00 bits per heavy atom. The molecule has 0 bridgehead atoms. The standard InChI is InChI=1S/C19H31N3O.2ClH/c1-2-3-11-17(14-20)21-19(23)18-12-7-8-13-22(18)15-16-9-5-4-6-10-16;;/h4-6,9-10,17-18H,2-3,7-8,11-15,20H2,1H3,(H,21,23);2*1H. The molecule has 0 radical (unpaired) electrons. The maximum absolute atomic E-state index is 12.7. The van der Waals surface area contributed by atoms with Crippen LogP contribution in [0.25, 0.3) is 0 Å². The predicted octanol–water partition coefficient (Wildman–Crippen LogP) is 3.52. The van der Waals surface area contributed by atoms with Crippen LogP contribution in [0.5, 0.6) is 0 Å². The summed E-state index contributed by atoms with van der Waals surface area (Å²) in [4.78, 5) is 15.0. The van der Waals surface area contributed by atoms with Gasteiger partial charge in [0, 0.05) is 19.1 Å². The van der Waals surface area contributed by atoms with Gasteiger partial charge in [0.2, 0.25) is 5.91 Å². The fourth-order valence-electron chi connectivity index (χ4n) is 3.29. The van der Waals surface area contributed by atoms with Crippen LogP contribution in [0.1, 0.15) is 51.0 Å². The van der Waals surface area contributed by atoms with Gasteiger partial charge >= 0.3 is 0 Å². The van der Waals surface area contributed by atoms with Gasteiger partial charge in [-0.1, -0.05) is 56.5 Å². The lowest BCUT2D eigenvalue weighted by Gasteiger charge is -2.35. The van der Waals surface area contributed by atoms with Crippen LogP contribution in [0.4, 0.5) is 0 Å². The number of carbonyl (C=O) groups is 1. The fourth-order valence-corrected chi connectivity index (χ4v) is 3.29. The third-order valence-electron chi connectivity index (χ3n) is 4.68. The minimum atomic E-state index is -0.0142. The van der Waals surface area contributed by atoms with E-state index >= 15 is 0 Å². The van der Waals surface area contributed by atoms with Crippen molar-refractivity contribution in [2.75, 3.05) is 13.1 Å². The number of nitrogens with two attached hydrogens (primary N) is 1. The number of unbranched alkanes of at least 4 members (excludes halogenated alkanes) is 1. The summed E-state index contributed by atoms with van der Waals surface area (Å²) >= 11 is 0. The van der Waals surface area contributed by atoms with E-state index in [0.29, 0.717) is 6.54 Å². The van der Waals surface area contributed by atoms with Crippen molar-refractivity contribution in [1.29, 1.82) is 0 Å². The number of benzene rings is 1. The summed E-state index contributed by atoms with van der Waals surface area (Å²) in [6.45, 7) is 4.53. The van der Waals surface area contributed by atoms with E-state index in [1.54, 1.807) is 0 Å². The summed E-state index contributed by atoms with van der Waals surface area (Å²) in [7, 11) is 0. The number of piperidine rings is 1. The number of hydrogen-bond acceptors (Lipinski definition) is 3. The average Bonchev–Trinajstić information content (AvgIpc) is 2.59. The predicted molar refractivity (Wildman–Crippen MR) is 109 cm³/mol. The molecule has 0 spiro atoms. The number of rotatable bonds is 8. The number of carbonyl (C=O) groups excluding carboxylic acids is 1. The summed E-state index contributed by atoms with van der Waals surface area (Å²) in [5, 5.41) is 3.18. The second-order valence-electron chi connectivity index (χ2n) is 6.55. The SMILES string of the molecule is CCCCC(CN)NC(=O)C1CCCCN1Cc1ccccc1.Cl.Cl. The van der Waals surface area contributed by atoms with Crippen LogP contribution in [0.15, 0.2) is 30.3 Å². The Balaban J connectivity index is 0.00000288. The zero-order valence-corrected chi connectivity index (χ0v) is 16.8. The van der Waals surface area contributed by atoms with Crippen LogP contribution in [0, 0.1) is 0 Å². The smallest absolute Gasteiger partial charge is 0.237 e. The van der Waals surface area contributed by atoms with E-state index in [4.69, 9.17) is 5.73 Å². The van der Waals surface area contributed by atoms with Crippen LogP contribution in [0.3, 0.4) is 0 Å². The van der Waals surface area contributed by atoms with Crippen molar-refractivity contribution in [1.82, 2.24) is 10.2 Å². The normalized spacial score (nSPS) is 18.6. The van der Waals surface area contributed by atoms with Crippen molar-refractivity contribution in [2.45, 2.75) is 64.1 Å². The lowest BCUT2D eigenvalue weighted by atomic mass is 9.99. The molecule has 25 heavy (non-hydrogen) atoms. The topological polar surface area (TPSA) is 58.4 Å². The van der Waals surface area contributed by atoms with Gasteiger partial charge in [0.25, 0.3) is 0 Å². The summed E-state index contributed by atoms with van der Waals surface area (Å²) in [6, 6.07) is 10.5. The summed E-state index contributed by atoms with van der Waals surface area (Å²) in [6.07, 6.45) is 6.47. The molecule has 0 saturated carbocycles. The lowest BCUT2D eigenvalue weighted by molar-refractivity contribution is -0.128. The van der Waals surface area contributed by atoms with Crippen molar-refractivity contribution in [3.05, 3.63) is 35.9 Å². The molecule has 3 N–H and O–H groups in total. The van der Waals surface area contributed by atoms with Gasteiger partial charge in [-0.05, 0) is 31.4 Å². The first-order valence-electron chi connectivity index (χ1n) is 9.03. The van der Waals surface area contributed by atoms with Crippen molar-refractivity contribution >= 4 is 30.7 Å². The monoisotopic (exact) mass is 389 g/mol. The number of nitrogens with zero attached hydrogens (tertiary/aromatic N) is 1. The van der Waals surface area contributed by atoms with E-state index in [9.17, 15) is 4.79 Å². The molecule has 144 valence electrons. The third kappa shape index (κ3) is 7.95. The van der Waals surface area contributed by atoms with Gasteiger partial charge in [-0.3, -0.25) is 9.69 Å². The zero-order valence-electron chi connectivity index (χ0n) is 15.2. The molecule has 4 nitrogen and oxygen atoms in total. The molecule has 1 aliphatic rings. The zero-order chi connectivity index (χ0) is 16.5. The average molecular weight is 390 g/mol. The first-order valence-corrected chi connectivity index (χ1v) is 9.03. The molecule has 1 heterocycles. The van der Waals surface area contributed by atoms with Gasteiger partial charge in [-0.15, -0.1) is 24.8 Å². The first-order chi connectivity index (χ1) is 11.2. The Morgan fingerprint density at radius 1 is 1.28 bits per heavy atom. The van der Waals surface area contributed by atoms with Crippen LogP contribution in [-0.4, -0.2) is 36.0 Å². The summed E-state index contributed by atoms with van der Waals surface area (Å²) < 4.78 is 0. The maximum Gasteiger partial charge on any atom is 0.237 e. The van der Waals surface area contributed by atoms with E-state index in [-0.39, 0.29) is 42.8 Å². The number of halogens is 2. The molecule has 0 aliphatic carbocycles. The van der Waals surface area contributed by atoms with E-state index in [2.05, 4.69) is 41.4 Å². The van der Waals surface area contributed by atoms with Gasteiger partial charge < -0.3 is 11.1 Å². The second kappa shape index (κ2) is 13.4. The Hall–Kier alpha value is -0.810. The first kappa shape index (κ1) is 24.2. The van der Waals surface area contributed by atoms with Gasteiger partial charge in [-0.2, -0.15) is 0 Å². The van der Waals surface area contributed by atoms with Crippen LogP contribution in [0.2, 0.25) is 0 Å². The lowest BCUT2D eigenvalue weighted by Crippen LogP contribution is -2.52. The highest BCUT2D eigenvalue weighted by Crippen LogP contribution is 2.20. The number of hydrogen-bond donors (Lipinski definition) is 2. The number of amides is 1. The summed E-state index contributed by atoms with van der Waals surface area (Å²) in [5.41, 5.74) is 7.09. The highest BCUT2D eigenvalue weighted by molar-refractivity contribution is 5.85. The van der Waals surface area contributed by atoms with Gasteiger partial charge in [0.05, 0.1) is 6.04 Å². The Bertz CT molecular complexity index is 473. The highest BCUT2D eigenvalue weighted by Gasteiger charge is 2.29. The molecule has 1 aromatic rings. The molecule has 2 rings (SSSR count). The Labute approximate surface area is 164 Å². The fraction of sp³-hybridized carbons (Fsp3) is 0.632. The minimum absolute atomic E-state index is 0. The van der Waals surface area contributed by atoms with Crippen LogP contribution in [-0.2, 0) is 11.3 Å². The molecule has 2 atom stereocenters. The summed E-state index contributed by atoms with van der Waals surface area (Å²) in [5.74, 6) is 0.159. The third-order valence-corrected chi connectivity index (χ3v) is 4.68. The molecule has 1 aromatic carbocycles. The Morgan fingerprint density at radius 3 is 2.64 bits per heavy atom. The molecule has 1 saturated heterocycles. The van der Waals surface area contributed by atoms with Crippen molar-refractivity contribution < 1.29 is 4.79 Å². The Kier molecular flexibility index (Phi) is 13.0. The van der Waals surface area contributed by atoms with E-state index in [1.165, 1.54) is 12.0 Å². The van der Waals surface area contributed by atoms with E-state index in [0.717, 1.165) is 45.2 Å². The molecule has 6 heteroatoms. The number of likely N-dealkylation sites (tertiary alicyclic amines) is 1. The van der Waals surface area contributed by atoms with Crippen molar-refractivity contribution in [2.24, 2.45) is 5.73 Å². The molecular formula is C19H33Cl2N3O. The van der Waals surface area contributed by atoms with Gasteiger partial charge in [-0.25, -0.2) is 0 Å². The van der Waals surface area contributed by atoms with Gasteiger partial charge in [0.15, 0.2) is 0 Å². The quantitative estimate of drug-likeness (QED) is 0.714. The highest BCUT2D eigenvalue weighted by atomic mass is 35.5. The van der Waals surface area contributed by atoms with Crippen LogP contribution >= 0.6 is 24.8 Å². The number of nitrogens with one attached hydrogen (secondary N) is 1. The van der Waals surface area contributed by atoms with E-state index < -0.39 is 0 Å². The van der Waals surface area contributed by atoms with E-state index in [1.807, 2.05) is 6.07 Å². The molecule has 1 fully saturated rings. The molecule has 0 aromatic heterocycles. The van der Waals surface area contributed by atoms with Gasteiger partial charge in [0.1, 0.15) is 0 Å². The molecular weight excluding hydrogens is 357 g/mol. The molecule has 2 unspecified atom stereocenters. The molecule has 1 amide bonds.